The number of rotatable bonds is 1. The lowest BCUT2D eigenvalue weighted by molar-refractivity contribution is 0.319. The Hall–Kier alpha value is -2.97. The van der Waals surface area contributed by atoms with Crippen LogP contribution in [0.25, 0.3) is 0 Å². The van der Waals surface area contributed by atoms with Crippen molar-refractivity contribution in [1.29, 1.82) is 21.2 Å². The summed E-state index contributed by atoms with van der Waals surface area (Å²) < 4.78 is 13.8. The van der Waals surface area contributed by atoms with E-state index in [0.717, 1.165) is 24.8 Å². The second kappa shape index (κ2) is 5.91. The molecule has 0 saturated heterocycles. The third-order valence-corrected chi connectivity index (χ3v) is 5.13. The third-order valence-electron chi connectivity index (χ3n) is 5.13. The number of hydrogen-bond donors (Lipinski definition) is 1. The number of hydrogen-bond acceptors (Lipinski definition) is 4. The Kier molecular flexibility index (Phi) is 3.92. The molecule has 0 aromatic heterocycles. The topological polar surface area (TPSA) is 95.2 Å². The van der Waals surface area contributed by atoms with Gasteiger partial charge in [0.1, 0.15) is 11.7 Å². The Bertz CT molecular complexity index is 835. The highest BCUT2D eigenvalue weighted by Gasteiger charge is 2.57. The summed E-state index contributed by atoms with van der Waals surface area (Å²) in [6, 6.07) is 12.0. The summed E-state index contributed by atoms with van der Waals surface area (Å²) in [5.74, 6) is -2.11. The first-order valence-corrected chi connectivity index (χ1v) is 7.85. The van der Waals surface area contributed by atoms with Gasteiger partial charge in [0.05, 0.1) is 23.9 Å². The Morgan fingerprint density at radius 2 is 1.96 bits per heavy atom. The normalized spacial score (nSPS) is 27.8. The van der Waals surface area contributed by atoms with E-state index >= 15 is 0 Å². The van der Waals surface area contributed by atoms with Crippen LogP contribution in [0.3, 0.4) is 0 Å². The molecule has 0 bridgehead atoms. The van der Waals surface area contributed by atoms with Crippen LogP contribution in [0, 0.1) is 62.5 Å². The molecule has 1 N–H and O–H groups in total. The van der Waals surface area contributed by atoms with Crippen molar-refractivity contribution in [3.05, 3.63) is 47.3 Å². The lowest BCUT2D eigenvalue weighted by Gasteiger charge is -2.45. The Balaban J connectivity index is 2.27. The molecule has 1 aromatic rings. The van der Waals surface area contributed by atoms with Gasteiger partial charge >= 0.3 is 0 Å². The molecule has 1 saturated carbocycles. The summed E-state index contributed by atoms with van der Waals surface area (Å²) in [5.41, 5.74) is -0.581. The van der Waals surface area contributed by atoms with E-state index in [2.05, 4.69) is 6.07 Å². The molecule has 0 radical (unpaired) electrons. The lowest BCUT2D eigenvalue weighted by atomic mass is 9.53. The molecule has 1 aromatic carbocycles. The van der Waals surface area contributed by atoms with Crippen LogP contribution in [-0.4, -0.2) is 5.71 Å². The van der Waals surface area contributed by atoms with Crippen molar-refractivity contribution in [2.75, 3.05) is 0 Å². The highest BCUT2D eigenvalue weighted by atomic mass is 19.1. The zero-order valence-corrected chi connectivity index (χ0v) is 13.0. The fraction of sp³-hybridized carbons (Fsp3) is 0.368. The number of nitrogens with one attached hydrogen (secondary N) is 1. The van der Waals surface area contributed by atoms with Crippen molar-refractivity contribution < 1.29 is 4.39 Å². The van der Waals surface area contributed by atoms with Crippen LogP contribution in [0.2, 0.25) is 0 Å². The van der Waals surface area contributed by atoms with E-state index in [1.165, 1.54) is 12.1 Å². The van der Waals surface area contributed by atoms with Crippen molar-refractivity contribution in [3.8, 4) is 18.2 Å². The maximum absolute atomic E-state index is 13.8. The van der Waals surface area contributed by atoms with E-state index in [9.17, 15) is 20.2 Å². The van der Waals surface area contributed by atoms with Crippen LogP contribution in [0.5, 0.6) is 0 Å². The Morgan fingerprint density at radius 3 is 2.58 bits per heavy atom. The van der Waals surface area contributed by atoms with Crippen LogP contribution in [0.4, 0.5) is 4.39 Å². The zero-order valence-electron chi connectivity index (χ0n) is 13.0. The molecule has 2 aliphatic carbocycles. The van der Waals surface area contributed by atoms with Crippen molar-refractivity contribution in [2.45, 2.75) is 25.2 Å². The van der Waals surface area contributed by atoms with Crippen LogP contribution in [0.1, 0.15) is 30.7 Å². The largest absolute Gasteiger partial charge is 0.305 e. The number of halogens is 1. The minimum absolute atomic E-state index is 0.186. The first-order chi connectivity index (χ1) is 11.6. The number of nitrogens with zero attached hydrogens (tertiary/aromatic N) is 3. The van der Waals surface area contributed by atoms with Gasteiger partial charge in [-0.25, -0.2) is 4.39 Å². The van der Waals surface area contributed by atoms with Crippen LogP contribution < -0.4 is 0 Å². The van der Waals surface area contributed by atoms with Crippen molar-refractivity contribution >= 4 is 5.71 Å². The second-order valence-corrected chi connectivity index (χ2v) is 6.28. The Morgan fingerprint density at radius 1 is 1.21 bits per heavy atom. The minimum Gasteiger partial charge on any atom is -0.305 e. The van der Waals surface area contributed by atoms with Gasteiger partial charge in [0, 0.05) is 5.92 Å². The predicted molar refractivity (Wildman–Crippen MR) is 85.1 cm³/mol. The molecule has 24 heavy (non-hydrogen) atoms. The Labute approximate surface area is 140 Å². The van der Waals surface area contributed by atoms with E-state index in [4.69, 9.17) is 5.41 Å². The summed E-state index contributed by atoms with van der Waals surface area (Å²) in [7, 11) is 0. The van der Waals surface area contributed by atoms with Crippen molar-refractivity contribution in [2.24, 2.45) is 17.3 Å². The van der Waals surface area contributed by atoms with Gasteiger partial charge in [0.2, 0.25) is 0 Å². The van der Waals surface area contributed by atoms with Crippen molar-refractivity contribution in [3.63, 3.8) is 0 Å². The second-order valence-electron chi connectivity index (χ2n) is 6.28. The first kappa shape index (κ1) is 15.9. The highest BCUT2D eigenvalue weighted by molar-refractivity contribution is 6.00. The average Bonchev–Trinajstić information content (AvgIpc) is 2.61. The molecule has 0 aliphatic heterocycles. The average molecular weight is 318 g/mol. The maximum Gasteiger partial charge on any atom is 0.189 e. The van der Waals surface area contributed by atoms with Crippen molar-refractivity contribution in [1.82, 2.24) is 0 Å². The first-order valence-electron chi connectivity index (χ1n) is 7.85. The standard InChI is InChI=1S/C19H15FN4/c20-13-5-3-4-12(8-13)17-15-7-2-1-6-14(15)16(9-21)18(24)19(17,10-22)11-23/h3-6,8,15-17,24H,1-2,7H2/t15-,16-,17+/m1/s1. The smallest absolute Gasteiger partial charge is 0.189 e. The molecule has 0 heterocycles. The molecule has 1 fully saturated rings. The van der Waals surface area contributed by atoms with Crippen LogP contribution in [-0.2, 0) is 0 Å². The fourth-order valence-corrected chi connectivity index (χ4v) is 4.09. The molecule has 0 unspecified atom stereocenters. The van der Waals surface area contributed by atoms with Gasteiger partial charge in [-0.05, 0) is 48.4 Å². The third kappa shape index (κ3) is 2.12. The molecule has 4 nitrogen and oxygen atoms in total. The van der Waals surface area contributed by atoms with Gasteiger partial charge in [-0.15, -0.1) is 0 Å². The van der Waals surface area contributed by atoms with Gasteiger partial charge in [0.15, 0.2) is 5.41 Å². The molecule has 5 heteroatoms. The number of nitriles is 3. The molecule has 3 atom stereocenters. The zero-order chi connectivity index (χ0) is 17.3. The minimum atomic E-state index is -1.74. The molecule has 2 aliphatic rings. The van der Waals surface area contributed by atoms with Gasteiger partial charge in [-0.3, -0.25) is 0 Å². The SMILES string of the molecule is N#C[C@H]1C(=N)C(C#N)(C#N)[C@@H](c2cccc(F)c2)[C@@H]2CCCC=C12. The van der Waals surface area contributed by atoms with E-state index in [1.807, 2.05) is 18.2 Å². The number of allylic oxidation sites excluding steroid dienone is 2. The van der Waals surface area contributed by atoms with Gasteiger partial charge < -0.3 is 5.41 Å². The van der Waals surface area contributed by atoms with E-state index in [0.29, 0.717) is 5.56 Å². The molecular formula is C19H15FN4. The molecule has 3 rings (SSSR count). The quantitative estimate of drug-likeness (QED) is 0.797. The molecule has 0 amide bonds. The van der Waals surface area contributed by atoms with Gasteiger partial charge in [-0.1, -0.05) is 18.2 Å². The van der Waals surface area contributed by atoms with Crippen LogP contribution >= 0.6 is 0 Å². The summed E-state index contributed by atoms with van der Waals surface area (Å²) >= 11 is 0. The van der Waals surface area contributed by atoms with Crippen LogP contribution in [0.15, 0.2) is 35.9 Å². The number of fused-ring (bicyclic) bond motifs is 1. The maximum atomic E-state index is 13.8. The molecule has 118 valence electrons. The van der Waals surface area contributed by atoms with E-state index in [1.54, 1.807) is 12.1 Å². The molecule has 0 spiro atoms. The predicted octanol–water partition coefficient (Wildman–Crippen LogP) is 3.84. The number of benzene rings is 1. The summed E-state index contributed by atoms with van der Waals surface area (Å²) in [5, 5.41) is 37.5. The van der Waals surface area contributed by atoms with Gasteiger partial charge in [0.25, 0.3) is 0 Å². The summed E-state index contributed by atoms with van der Waals surface area (Å²) in [4.78, 5) is 0. The fourth-order valence-electron chi connectivity index (χ4n) is 4.09. The van der Waals surface area contributed by atoms with Gasteiger partial charge in [-0.2, -0.15) is 15.8 Å². The monoisotopic (exact) mass is 318 g/mol. The lowest BCUT2D eigenvalue weighted by Crippen LogP contribution is -2.48. The summed E-state index contributed by atoms with van der Waals surface area (Å²) in [6.45, 7) is 0. The molecular weight excluding hydrogens is 303 g/mol. The van der Waals surface area contributed by atoms with E-state index in [-0.39, 0.29) is 11.6 Å². The summed E-state index contributed by atoms with van der Waals surface area (Å²) in [6.07, 6.45) is 4.39. The highest BCUT2D eigenvalue weighted by Crippen LogP contribution is 2.55. The van der Waals surface area contributed by atoms with E-state index < -0.39 is 23.1 Å².